The smallest absolute Gasteiger partial charge is 0.227 e. The molecule has 5 nitrogen and oxygen atoms in total. The van der Waals surface area contributed by atoms with Crippen LogP contribution in [0.5, 0.6) is 0 Å². The maximum atomic E-state index is 4.41. The molecule has 0 saturated heterocycles. The van der Waals surface area contributed by atoms with Gasteiger partial charge in [0, 0.05) is 35.5 Å². The third-order valence-electron chi connectivity index (χ3n) is 2.81. The number of anilines is 2. The summed E-state index contributed by atoms with van der Waals surface area (Å²) in [4.78, 5) is 17.0. The minimum absolute atomic E-state index is 0.553. The molecule has 0 unspecified atom stereocenters. The lowest BCUT2D eigenvalue weighted by molar-refractivity contribution is 1.11. The van der Waals surface area contributed by atoms with E-state index >= 15 is 0 Å². The normalized spacial score (nSPS) is 10.4. The molecule has 2 aromatic heterocycles. The zero-order valence-corrected chi connectivity index (χ0v) is 12.9. The van der Waals surface area contributed by atoms with Gasteiger partial charge in [0.25, 0.3) is 0 Å². The second-order valence-corrected chi connectivity index (χ2v) is 5.36. The average Bonchev–Trinajstić information content (AvgIpc) is 2.50. The summed E-state index contributed by atoms with van der Waals surface area (Å²) >= 11 is 3.31. The van der Waals surface area contributed by atoms with Crippen molar-refractivity contribution in [1.82, 2.24) is 19.9 Å². The van der Waals surface area contributed by atoms with E-state index in [1.54, 1.807) is 18.6 Å². The van der Waals surface area contributed by atoms with Crippen LogP contribution in [-0.2, 0) is 0 Å². The summed E-state index contributed by atoms with van der Waals surface area (Å²) in [5.74, 6) is 1.28. The van der Waals surface area contributed by atoms with Crippen LogP contribution in [0.2, 0.25) is 0 Å². The van der Waals surface area contributed by atoms with E-state index in [0.717, 1.165) is 27.2 Å². The molecule has 0 aliphatic heterocycles. The number of hydrogen-bond acceptors (Lipinski definition) is 5. The number of aromatic nitrogens is 4. The summed E-state index contributed by atoms with van der Waals surface area (Å²) in [6.45, 7) is 1.95. The lowest BCUT2D eigenvalue weighted by Gasteiger charge is -2.06. The van der Waals surface area contributed by atoms with Crippen molar-refractivity contribution >= 4 is 27.6 Å². The molecule has 1 N–H and O–H groups in total. The molecule has 0 aliphatic carbocycles. The Hall–Kier alpha value is -2.34. The van der Waals surface area contributed by atoms with E-state index in [9.17, 15) is 0 Å². The Morgan fingerprint density at radius 2 is 1.67 bits per heavy atom. The third kappa shape index (κ3) is 3.41. The molecular weight excluding hydrogens is 330 g/mol. The second kappa shape index (κ2) is 5.97. The van der Waals surface area contributed by atoms with E-state index in [-0.39, 0.29) is 0 Å². The molecule has 3 rings (SSSR count). The molecule has 0 amide bonds. The second-order valence-electron chi connectivity index (χ2n) is 4.45. The molecule has 6 heteroatoms. The quantitative estimate of drug-likeness (QED) is 0.785. The van der Waals surface area contributed by atoms with Crippen molar-refractivity contribution < 1.29 is 0 Å². The van der Waals surface area contributed by atoms with Crippen molar-refractivity contribution in [3.05, 3.63) is 59.1 Å². The van der Waals surface area contributed by atoms with Crippen LogP contribution in [0, 0.1) is 6.92 Å². The van der Waals surface area contributed by atoms with Gasteiger partial charge in [-0.15, -0.1) is 0 Å². The summed E-state index contributed by atoms with van der Waals surface area (Å²) in [6, 6.07) is 9.72. The van der Waals surface area contributed by atoms with Gasteiger partial charge < -0.3 is 5.32 Å². The molecule has 3 aromatic rings. The zero-order chi connectivity index (χ0) is 14.7. The number of halogens is 1. The molecule has 0 spiro atoms. The van der Waals surface area contributed by atoms with E-state index in [1.807, 2.05) is 37.3 Å². The first kappa shape index (κ1) is 13.6. The Labute approximate surface area is 130 Å². The average molecular weight is 342 g/mol. The van der Waals surface area contributed by atoms with Gasteiger partial charge in [-0.25, -0.2) is 19.9 Å². The van der Waals surface area contributed by atoms with Crippen LogP contribution < -0.4 is 5.32 Å². The summed E-state index contributed by atoms with van der Waals surface area (Å²) < 4.78 is 0.847. The van der Waals surface area contributed by atoms with Crippen LogP contribution >= 0.6 is 15.9 Å². The molecule has 0 bridgehead atoms. The highest BCUT2D eigenvalue weighted by Gasteiger charge is 2.02. The topological polar surface area (TPSA) is 63.6 Å². The van der Waals surface area contributed by atoms with Crippen LogP contribution in [0.3, 0.4) is 0 Å². The van der Waals surface area contributed by atoms with E-state index in [4.69, 9.17) is 0 Å². The number of aryl methyl sites for hydroxylation is 1. The Morgan fingerprint density at radius 1 is 0.952 bits per heavy atom. The third-order valence-corrected chi connectivity index (χ3v) is 3.22. The van der Waals surface area contributed by atoms with Gasteiger partial charge >= 0.3 is 0 Å². The fourth-order valence-corrected chi connectivity index (χ4v) is 2.00. The van der Waals surface area contributed by atoms with Gasteiger partial charge in [0.15, 0.2) is 5.82 Å². The maximum Gasteiger partial charge on any atom is 0.227 e. The van der Waals surface area contributed by atoms with Crippen LogP contribution in [0.25, 0.3) is 11.4 Å². The van der Waals surface area contributed by atoms with Gasteiger partial charge in [-0.3, -0.25) is 0 Å². The summed E-state index contributed by atoms with van der Waals surface area (Å²) in [6.07, 6.45) is 5.16. The van der Waals surface area contributed by atoms with E-state index in [0.29, 0.717) is 5.95 Å². The van der Waals surface area contributed by atoms with Gasteiger partial charge in [0.1, 0.15) is 0 Å². The van der Waals surface area contributed by atoms with Crippen LogP contribution in [0.4, 0.5) is 11.6 Å². The van der Waals surface area contributed by atoms with E-state index < -0.39 is 0 Å². The Morgan fingerprint density at radius 3 is 2.33 bits per heavy atom. The first-order valence-electron chi connectivity index (χ1n) is 6.35. The summed E-state index contributed by atoms with van der Waals surface area (Å²) in [5.41, 5.74) is 2.83. The molecule has 0 fully saturated rings. The fraction of sp³-hybridized carbons (Fsp3) is 0.0667. The van der Waals surface area contributed by atoms with Crippen LogP contribution in [-0.4, -0.2) is 19.9 Å². The Balaban J connectivity index is 1.79. The first-order valence-corrected chi connectivity index (χ1v) is 7.15. The molecule has 0 saturated carbocycles. The molecule has 21 heavy (non-hydrogen) atoms. The van der Waals surface area contributed by atoms with Crippen LogP contribution in [0.15, 0.2) is 53.4 Å². The number of benzene rings is 1. The summed E-state index contributed by atoms with van der Waals surface area (Å²) in [7, 11) is 0. The number of nitrogens with zero attached hydrogens (tertiary/aromatic N) is 4. The van der Waals surface area contributed by atoms with Crippen molar-refractivity contribution in [2.24, 2.45) is 0 Å². The molecule has 1 aromatic carbocycles. The molecule has 104 valence electrons. The van der Waals surface area contributed by atoms with E-state index in [2.05, 4.69) is 41.2 Å². The SMILES string of the molecule is Cc1ccnc(-c2ccc(Nc3ncc(Br)cn3)cc2)n1. The summed E-state index contributed by atoms with van der Waals surface area (Å²) in [5, 5.41) is 3.14. The lowest BCUT2D eigenvalue weighted by atomic mass is 10.2. The zero-order valence-electron chi connectivity index (χ0n) is 11.3. The van der Waals surface area contributed by atoms with Crippen molar-refractivity contribution in [1.29, 1.82) is 0 Å². The van der Waals surface area contributed by atoms with Gasteiger partial charge in [-0.2, -0.15) is 0 Å². The Kier molecular flexibility index (Phi) is 3.87. The molecular formula is C15H12BrN5. The predicted molar refractivity (Wildman–Crippen MR) is 85.2 cm³/mol. The number of rotatable bonds is 3. The molecule has 0 aliphatic rings. The first-order chi connectivity index (χ1) is 10.2. The maximum absolute atomic E-state index is 4.41. The number of hydrogen-bond donors (Lipinski definition) is 1. The van der Waals surface area contributed by atoms with Crippen molar-refractivity contribution in [2.45, 2.75) is 6.92 Å². The minimum Gasteiger partial charge on any atom is -0.324 e. The highest BCUT2D eigenvalue weighted by Crippen LogP contribution is 2.20. The number of nitrogens with one attached hydrogen (secondary N) is 1. The molecule has 0 atom stereocenters. The van der Waals surface area contributed by atoms with Gasteiger partial charge in [-0.1, -0.05) is 0 Å². The van der Waals surface area contributed by atoms with Crippen molar-refractivity contribution in [2.75, 3.05) is 5.32 Å². The van der Waals surface area contributed by atoms with Crippen molar-refractivity contribution in [3.63, 3.8) is 0 Å². The fourth-order valence-electron chi connectivity index (χ4n) is 1.80. The molecule has 2 heterocycles. The van der Waals surface area contributed by atoms with Gasteiger partial charge in [-0.05, 0) is 53.2 Å². The van der Waals surface area contributed by atoms with E-state index in [1.165, 1.54) is 0 Å². The Bertz CT molecular complexity index is 741. The lowest BCUT2D eigenvalue weighted by Crippen LogP contribution is -1.96. The minimum atomic E-state index is 0.553. The van der Waals surface area contributed by atoms with Crippen molar-refractivity contribution in [3.8, 4) is 11.4 Å². The van der Waals surface area contributed by atoms with Crippen LogP contribution in [0.1, 0.15) is 5.69 Å². The highest BCUT2D eigenvalue weighted by molar-refractivity contribution is 9.10. The van der Waals surface area contributed by atoms with Gasteiger partial charge in [0.05, 0.1) is 4.47 Å². The molecule has 0 radical (unpaired) electrons. The largest absolute Gasteiger partial charge is 0.324 e. The predicted octanol–water partition coefficient (Wildman–Crippen LogP) is 3.75. The van der Waals surface area contributed by atoms with Gasteiger partial charge in [0.2, 0.25) is 5.95 Å². The standard InChI is InChI=1S/C15H12BrN5/c1-10-6-7-17-14(20-10)11-2-4-13(5-3-11)21-15-18-8-12(16)9-19-15/h2-9H,1H3,(H,18,19,21). The monoisotopic (exact) mass is 341 g/mol. The highest BCUT2D eigenvalue weighted by atomic mass is 79.9.